The van der Waals surface area contributed by atoms with Gasteiger partial charge in [0.25, 0.3) is 0 Å². The Hall–Kier alpha value is -2.07. The molecule has 0 radical (unpaired) electrons. The zero-order chi connectivity index (χ0) is 20.8. The van der Waals surface area contributed by atoms with Crippen LogP contribution in [0.25, 0.3) is 0 Å². The van der Waals surface area contributed by atoms with Crippen molar-refractivity contribution in [1.29, 1.82) is 0 Å². The van der Waals surface area contributed by atoms with Gasteiger partial charge in [0, 0.05) is 16.7 Å². The van der Waals surface area contributed by atoms with E-state index in [2.05, 4.69) is 21.2 Å². The van der Waals surface area contributed by atoms with Gasteiger partial charge >= 0.3 is 11.9 Å². The second kappa shape index (κ2) is 9.92. The number of hydrogen-bond donors (Lipinski definition) is 2. The Morgan fingerprint density at radius 3 is 2.64 bits per heavy atom. The molecule has 0 saturated carbocycles. The number of methoxy groups -OCH3 is 1. The maximum atomic E-state index is 12.8. The second-order valence-electron chi connectivity index (χ2n) is 5.81. The third-order valence-electron chi connectivity index (χ3n) is 4.14. The summed E-state index contributed by atoms with van der Waals surface area (Å²) in [6.45, 7) is 1.67. The summed E-state index contributed by atoms with van der Waals surface area (Å²) in [5.41, 5.74) is 1.76. The van der Waals surface area contributed by atoms with E-state index < -0.39 is 17.9 Å². The molecule has 1 atom stereocenters. The van der Waals surface area contributed by atoms with E-state index in [1.165, 1.54) is 25.3 Å². The highest BCUT2D eigenvalue weighted by Crippen LogP contribution is 2.40. The molecule has 2 N–H and O–H groups in total. The average Bonchev–Trinajstić information content (AvgIpc) is 2.70. The molecule has 0 fully saturated rings. The second-order valence-corrected chi connectivity index (χ2v) is 6.75. The van der Waals surface area contributed by atoms with Gasteiger partial charge in [-0.05, 0) is 24.6 Å². The summed E-state index contributed by atoms with van der Waals surface area (Å²) in [5.74, 6) is -2.05. The van der Waals surface area contributed by atoms with Crippen molar-refractivity contribution in [2.45, 2.75) is 12.8 Å². The maximum absolute atomic E-state index is 12.8. The van der Waals surface area contributed by atoms with Crippen molar-refractivity contribution in [3.8, 4) is 0 Å². The van der Waals surface area contributed by atoms with Gasteiger partial charge in [-0.25, -0.2) is 9.59 Å². The van der Waals surface area contributed by atoms with Gasteiger partial charge in [-0.15, -0.1) is 11.6 Å². The predicted octanol–water partition coefficient (Wildman–Crippen LogP) is 2.94. The monoisotopic (exact) mass is 473 g/mol. The van der Waals surface area contributed by atoms with E-state index in [1.807, 2.05) is 0 Å². The number of rotatable bonds is 7. The molecule has 28 heavy (non-hydrogen) atoms. The quantitative estimate of drug-likeness (QED) is 0.352. The number of ether oxygens (including phenoxy) is 2. The van der Waals surface area contributed by atoms with Crippen molar-refractivity contribution in [3.05, 3.63) is 57.6 Å². The zero-order valence-electron chi connectivity index (χ0n) is 15.2. The molecule has 2 rings (SSSR count). The molecule has 1 aromatic rings. The largest absolute Gasteiger partial charge is 0.733 e. The van der Waals surface area contributed by atoms with Gasteiger partial charge < -0.3 is 25.2 Å². The molecular formula is C18H19BrClN2O6-. The van der Waals surface area contributed by atoms with E-state index in [-0.39, 0.29) is 39.9 Å². The smallest absolute Gasteiger partial charge is 0.336 e. The first-order valence-corrected chi connectivity index (χ1v) is 9.85. The van der Waals surface area contributed by atoms with E-state index in [9.17, 15) is 20.0 Å². The van der Waals surface area contributed by atoms with Gasteiger partial charge in [0.15, 0.2) is 0 Å². The first-order valence-electron chi connectivity index (χ1n) is 8.20. The average molecular weight is 475 g/mol. The molecule has 152 valence electrons. The zero-order valence-corrected chi connectivity index (χ0v) is 17.5. The van der Waals surface area contributed by atoms with Gasteiger partial charge in [0.05, 0.1) is 35.7 Å². The molecule has 0 aliphatic carbocycles. The Kier molecular flexibility index (Phi) is 7.88. The minimum atomic E-state index is -0.871. The van der Waals surface area contributed by atoms with Crippen LogP contribution in [-0.4, -0.2) is 42.1 Å². The number of dihydropyridines is 1. The Balaban J connectivity index is 2.69. The van der Waals surface area contributed by atoms with Gasteiger partial charge in [-0.2, -0.15) is 0 Å². The summed E-state index contributed by atoms with van der Waals surface area (Å²) in [7, 11) is 1.23. The molecule has 0 saturated heterocycles. The summed E-state index contributed by atoms with van der Waals surface area (Å²) in [6, 6.07) is 5.96. The summed E-state index contributed by atoms with van der Waals surface area (Å²) >= 11 is 8.95. The normalized spacial score (nSPS) is 16.6. The molecule has 10 heteroatoms. The highest BCUT2D eigenvalue weighted by Gasteiger charge is 2.38. The maximum Gasteiger partial charge on any atom is 0.336 e. The lowest BCUT2D eigenvalue weighted by atomic mass is 9.80. The number of hydrogen-bond acceptors (Lipinski definition) is 8. The van der Waals surface area contributed by atoms with Gasteiger partial charge in [0.1, 0.15) is 6.61 Å². The predicted molar refractivity (Wildman–Crippen MR) is 107 cm³/mol. The van der Waals surface area contributed by atoms with E-state index in [4.69, 9.17) is 21.1 Å². The Morgan fingerprint density at radius 1 is 1.36 bits per heavy atom. The molecule has 1 heterocycles. The minimum absolute atomic E-state index is 0.00650. The molecule has 1 aliphatic heterocycles. The number of esters is 2. The van der Waals surface area contributed by atoms with Crippen LogP contribution in [0.1, 0.15) is 18.4 Å². The number of nitrogens with one attached hydrogen (secondary N) is 1. The van der Waals surface area contributed by atoms with Crippen LogP contribution in [0.4, 0.5) is 5.69 Å². The van der Waals surface area contributed by atoms with E-state index in [0.717, 1.165) is 0 Å². The number of halogens is 2. The Bertz CT molecular complexity index is 824. The van der Waals surface area contributed by atoms with E-state index in [1.54, 1.807) is 13.0 Å². The molecule has 1 aliphatic rings. The Morgan fingerprint density at radius 2 is 2.07 bits per heavy atom. The van der Waals surface area contributed by atoms with Gasteiger partial charge in [-0.1, -0.05) is 28.1 Å². The number of benzene rings is 1. The molecule has 8 nitrogen and oxygen atoms in total. The molecular weight excluding hydrogens is 456 g/mol. The molecule has 1 aromatic carbocycles. The van der Waals surface area contributed by atoms with Crippen molar-refractivity contribution in [1.82, 2.24) is 5.32 Å². The van der Waals surface area contributed by atoms with Crippen LogP contribution < -0.4 is 10.5 Å². The topological polar surface area (TPSA) is 111 Å². The number of carbonyl (C=O) groups is 2. The van der Waals surface area contributed by atoms with Crippen molar-refractivity contribution in [3.63, 3.8) is 0 Å². The fourth-order valence-electron chi connectivity index (χ4n) is 2.99. The molecule has 0 spiro atoms. The Labute approximate surface area is 175 Å². The number of allylic oxidation sites excluding steroid dienone is 2. The lowest BCUT2D eigenvalue weighted by molar-refractivity contribution is -0.139. The molecule has 0 amide bonds. The summed E-state index contributed by atoms with van der Waals surface area (Å²) < 4.78 is 10.1. The van der Waals surface area contributed by atoms with Gasteiger partial charge in [-0.3, -0.25) is 5.21 Å². The fourth-order valence-corrected chi connectivity index (χ4v) is 3.51. The number of anilines is 1. The van der Waals surface area contributed by atoms with E-state index in [0.29, 0.717) is 17.0 Å². The lowest BCUT2D eigenvalue weighted by Gasteiger charge is -2.31. The molecule has 1 unspecified atom stereocenters. The van der Waals surface area contributed by atoms with Crippen molar-refractivity contribution < 1.29 is 24.3 Å². The highest BCUT2D eigenvalue weighted by molar-refractivity contribution is 9.09. The van der Waals surface area contributed by atoms with Crippen molar-refractivity contribution in [2.24, 2.45) is 0 Å². The van der Waals surface area contributed by atoms with Crippen molar-refractivity contribution >= 4 is 45.2 Å². The van der Waals surface area contributed by atoms with Crippen LogP contribution in [0.2, 0.25) is 0 Å². The van der Waals surface area contributed by atoms with Crippen LogP contribution in [-0.2, 0) is 19.1 Å². The van der Waals surface area contributed by atoms with Crippen LogP contribution in [0, 0.1) is 5.21 Å². The molecule has 0 aromatic heterocycles. The van der Waals surface area contributed by atoms with Crippen LogP contribution >= 0.6 is 27.5 Å². The van der Waals surface area contributed by atoms with Crippen molar-refractivity contribution in [2.75, 3.05) is 30.2 Å². The lowest BCUT2D eigenvalue weighted by Crippen LogP contribution is -2.33. The summed E-state index contributed by atoms with van der Waals surface area (Å²) in [5, 5.41) is 23.6. The number of nitrogens with zero attached hydrogens (tertiary/aromatic N) is 1. The van der Waals surface area contributed by atoms with Gasteiger partial charge in [0.2, 0.25) is 0 Å². The van der Waals surface area contributed by atoms with Crippen LogP contribution in [0.3, 0.4) is 0 Å². The highest BCUT2D eigenvalue weighted by atomic mass is 79.9. The standard InChI is InChI=1S/C18H19BrClN2O6/c1-10-14(17(23)27-2)15(11-4-3-5-12(8-11)22(25)26)16(13(9-19)21-10)18(24)28-7-6-20/h3-5,8,15,21,25H,6-7,9H2,1-2H3/q-1. The van der Waals surface area contributed by atoms with E-state index >= 15 is 0 Å². The number of alkyl halides is 2. The summed E-state index contributed by atoms with van der Waals surface area (Å²) in [4.78, 5) is 25.3. The van der Waals surface area contributed by atoms with Crippen LogP contribution in [0.5, 0.6) is 0 Å². The SMILES string of the molecule is COC(=O)C1=C(C)NC(CBr)=C(C(=O)OCCCl)C1c1cccc(N([O-])O)c1. The minimum Gasteiger partial charge on any atom is -0.733 e. The first kappa shape index (κ1) is 22.2. The third kappa shape index (κ3) is 4.67. The third-order valence-corrected chi connectivity index (χ3v) is 4.85. The number of carbonyl (C=O) groups excluding carboxylic acids is 2. The first-order chi connectivity index (χ1) is 13.3. The fraction of sp³-hybridized carbons (Fsp3) is 0.333. The van der Waals surface area contributed by atoms with Crippen LogP contribution in [0.15, 0.2) is 46.8 Å². The summed E-state index contributed by atoms with van der Waals surface area (Å²) in [6.07, 6.45) is 0. The molecule has 0 bridgehead atoms.